The molecule has 0 aliphatic carbocycles. The van der Waals surface area contributed by atoms with E-state index in [0.29, 0.717) is 6.04 Å². The summed E-state index contributed by atoms with van der Waals surface area (Å²) in [5.41, 5.74) is 0. The van der Waals surface area contributed by atoms with Gasteiger partial charge in [0, 0.05) is 38.9 Å². The Balaban J connectivity index is 2.20. The maximum Gasteiger partial charge on any atom is 0.168 e. The summed E-state index contributed by atoms with van der Waals surface area (Å²) in [5, 5.41) is 4.25. The largest absolute Gasteiger partial charge is 0.382 e. The molecule has 4 nitrogen and oxygen atoms in total. The van der Waals surface area contributed by atoms with Crippen LogP contribution in [0, 0.1) is 0 Å². The van der Waals surface area contributed by atoms with Crippen LogP contribution in [0.3, 0.4) is 0 Å². The minimum atomic E-state index is 0.665. The number of hydrogen-bond donors (Lipinski definition) is 1. The lowest BCUT2D eigenvalue weighted by Gasteiger charge is -2.27. The molecule has 0 bridgehead atoms. The summed E-state index contributed by atoms with van der Waals surface area (Å²) in [6.07, 6.45) is 2.24. The van der Waals surface area contributed by atoms with Gasteiger partial charge in [-0.1, -0.05) is 13.8 Å². The molecular weight excluding hydrogens is 258 g/mol. The van der Waals surface area contributed by atoms with Crippen molar-refractivity contribution in [3.05, 3.63) is 0 Å². The third-order valence-corrected chi connectivity index (χ3v) is 4.13. The molecule has 0 aromatic rings. The van der Waals surface area contributed by atoms with Gasteiger partial charge in [0.05, 0.1) is 0 Å². The third kappa shape index (κ3) is 5.63. The highest BCUT2D eigenvalue weighted by atomic mass is 32.1. The average molecular weight is 287 g/mol. The Morgan fingerprint density at radius 1 is 1.37 bits per heavy atom. The molecule has 0 amide bonds. The van der Waals surface area contributed by atoms with E-state index in [4.69, 9.17) is 17.0 Å². The Labute approximate surface area is 123 Å². The fourth-order valence-corrected chi connectivity index (χ4v) is 2.86. The summed E-state index contributed by atoms with van der Waals surface area (Å²) < 4.78 is 5.31. The van der Waals surface area contributed by atoms with Crippen molar-refractivity contribution in [1.29, 1.82) is 0 Å². The smallest absolute Gasteiger partial charge is 0.168 e. The zero-order valence-electron chi connectivity index (χ0n) is 12.7. The summed E-state index contributed by atoms with van der Waals surface area (Å²) >= 11 is 5.46. The van der Waals surface area contributed by atoms with E-state index in [-0.39, 0.29) is 0 Å². The standard InChI is InChI=1S/C14H29N3OS/c1-4-16(5-2)13-8-10-17(12-13)14(19)15-9-7-11-18-6-3/h13H,4-12H2,1-3H3,(H,15,19). The van der Waals surface area contributed by atoms with Gasteiger partial charge >= 0.3 is 0 Å². The van der Waals surface area contributed by atoms with Gasteiger partial charge in [-0.15, -0.1) is 0 Å². The van der Waals surface area contributed by atoms with Crippen molar-refractivity contribution in [1.82, 2.24) is 15.1 Å². The zero-order valence-corrected chi connectivity index (χ0v) is 13.5. The third-order valence-electron chi connectivity index (χ3n) is 3.73. The van der Waals surface area contributed by atoms with E-state index < -0.39 is 0 Å². The Morgan fingerprint density at radius 2 is 2.11 bits per heavy atom. The van der Waals surface area contributed by atoms with Crippen molar-refractivity contribution in [3.63, 3.8) is 0 Å². The molecule has 1 atom stereocenters. The van der Waals surface area contributed by atoms with Crippen molar-refractivity contribution in [3.8, 4) is 0 Å². The van der Waals surface area contributed by atoms with Gasteiger partial charge in [-0.3, -0.25) is 4.90 Å². The number of nitrogens with one attached hydrogen (secondary N) is 1. The van der Waals surface area contributed by atoms with E-state index in [1.807, 2.05) is 6.92 Å². The summed E-state index contributed by atoms with van der Waals surface area (Å²) in [6.45, 7) is 13.4. The second-order valence-corrected chi connectivity index (χ2v) is 5.28. The van der Waals surface area contributed by atoms with E-state index >= 15 is 0 Å². The second kappa shape index (κ2) is 9.50. The molecule has 1 unspecified atom stereocenters. The Kier molecular flexibility index (Phi) is 8.34. The van der Waals surface area contributed by atoms with Gasteiger partial charge in [-0.05, 0) is 45.1 Å². The highest BCUT2D eigenvalue weighted by molar-refractivity contribution is 7.80. The molecule has 5 heteroatoms. The van der Waals surface area contributed by atoms with E-state index in [1.165, 1.54) is 6.42 Å². The molecule has 1 rings (SSSR count). The molecule has 1 fully saturated rings. The lowest BCUT2D eigenvalue weighted by Crippen LogP contribution is -2.42. The van der Waals surface area contributed by atoms with Crippen molar-refractivity contribution in [2.75, 3.05) is 45.9 Å². The molecular formula is C14H29N3OS. The van der Waals surface area contributed by atoms with E-state index in [2.05, 4.69) is 29.0 Å². The normalized spacial score (nSPS) is 19.2. The van der Waals surface area contributed by atoms with Crippen LogP contribution in [0.5, 0.6) is 0 Å². The van der Waals surface area contributed by atoms with Crippen LogP contribution in [-0.2, 0) is 4.74 Å². The van der Waals surface area contributed by atoms with E-state index in [0.717, 1.165) is 57.5 Å². The monoisotopic (exact) mass is 287 g/mol. The molecule has 1 aliphatic rings. The number of likely N-dealkylation sites (N-methyl/N-ethyl adjacent to an activating group) is 1. The molecule has 112 valence electrons. The van der Waals surface area contributed by atoms with Crippen LogP contribution in [0.2, 0.25) is 0 Å². The molecule has 19 heavy (non-hydrogen) atoms. The lowest BCUT2D eigenvalue weighted by atomic mass is 10.2. The Morgan fingerprint density at radius 3 is 2.74 bits per heavy atom. The Bertz CT molecular complexity index is 259. The zero-order chi connectivity index (χ0) is 14.1. The van der Waals surface area contributed by atoms with Gasteiger partial charge < -0.3 is 15.0 Å². The number of nitrogens with zero attached hydrogens (tertiary/aromatic N) is 2. The molecule has 0 spiro atoms. The second-order valence-electron chi connectivity index (χ2n) is 4.89. The van der Waals surface area contributed by atoms with Gasteiger partial charge in [-0.2, -0.15) is 0 Å². The highest BCUT2D eigenvalue weighted by Crippen LogP contribution is 2.15. The van der Waals surface area contributed by atoms with Crippen LogP contribution in [0.4, 0.5) is 0 Å². The topological polar surface area (TPSA) is 27.7 Å². The van der Waals surface area contributed by atoms with Crippen LogP contribution in [0.25, 0.3) is 0 Å². The minimum Gasteiger partial charge on any atom is -0.382 e. The first-order valence-electron chi connectivity index (χ1n) is 7.57. The van der Waals surface area contributed by atoms with Gasteiger partial charge in [-0.25, -0.2) is 0 Å². The van der Waals surface area contributed by atoms with Crippen molar-refractivity contribution in [2.45, 2.75) is 39.7 Å². The van der Waals surface area contributed by atoms with E-state index in [9.17, 15) is 0 Å². The quantitative estimate of drug-likeness (QED) is 0.542. The van der Waals surface area contributed by atoms with Crippen LogP contribution in [0.15, 0.2) is 0 Å². The highest BCUT2D eigenvalue weighted by Gasteiger charge is 2.27. The van der Waals surface area contributed by atoms with E-state index in [1.54, 1.807) is 0 Å². The first-order valence-corrected chi connectivity index (χ1v) is 7.98. The molecule has 0 aromatic carbocycles. The summed E-state index contributed by atoms with van der Waals surface area (Å²) in [6, 6.07) is 0.665. The molecule has 0 aromatic heterocycles. The first kappa shape index (κ1) is 16.7. The summed E-state index contributed by atoms with van der Waals surface area (Å²) in [7, 11) is 0. The van der Waals surface area contributed by atoms with Crippen molar-refractivity contribution < 1.29 is 4.74 Å². The van der Waals surface area contributed by atoms with Crippen LogP contribution in [-0.4, -0.2) is 66.9 Å². The van der Waals surface area contributed by atoms with Gasteiger partial charge in [0.2, 0.25) is 0 Å². The Hall–Kier alpha value is -0.390. The van der Waals surface area contributed by atoms with Gasteiger partial charge in [0.1, 0.15) is 0 Å². The summed E-state index contributed by atoms with van der Waals surface area (Å²) in [4.78, 5) is 4.83. The van der Waals surface area contributed by atoms with Crippen molar-refractivity contribution in [2.24, 2.45) is 0 Å². The number of hydrogen-bond acceptors (Lipinski definition) is 3. The van der Waals surface area contributed by atoms with Crippen LogP contribution in [0.1, 0.15) is 33.6 Å². The predicted molar refractivity (Wildman–Crippen MR) is 84.6 cm³/mol. The van der Waals surface area contributed by atoms with Gasteiger partial charge in [0.15, 0.2) is 5.11 Å². The lowest BCUT2D eigenvalue weighted by molar-refractivity contribution is 0.145. The van der Waals surface area contributed by atoms with Gasteiger partial charge in [0.25, 0.3) is 0 Å². The molecule has 1 N–H and O–H groups in total. The first-order chi connectivity index (χ1) is 9.22. The molecule has 0 radical (unpaired) electrons. The number of rotatable bonds is 8. The molecule has 1 saturated heterocycles. The van der Waals surface area contributed by atoms with Crippen LogP contribution >= 0.6 is 12.2 Å². The fraction of sp³-hybridized carbons (Fsp3) is 0.929. The number of thiocarbonyl (C=S) groups is 1. The van der Waals surface area contributed by atoms with Crippen molar-refractivity contribution >= 4 is 17.3 Å². The fourth-order valence-electron chi connectivity index (χ4n) is 2.59. The number of ether oxygens (including phenoxy) is 1. The minimum absolute atomic E-state index is 0.665. The summed E-state index contributed by atoms with van der Waals surface area (Å²) in [5.74, 6) is 0. The maximum absolute atomic E-state index is 5.46. The maximum atomic E-state index is 5.46. The number of likely N-dealkylation sites (tertiary alicyclic amines) is 1. The predicted octanol–water partition coefficient (Wildman–Crippen LogP) is 1.70. The molecule has 1 heterocycles. The average Bonchev–Trinajstić information content (AvgIpc) is 2.89. The van der Waals surface area contributed by atoms with Crippen LogP contribution < -0.4 is 5.32 Å². The molecule has 1 aliphatic heterocycles. The SMILES string of the molecule is CCOCCCNC(=S)N1CCC(N(CC)CC)C1. The molecule has 0 saturated carbocycles.